The number of hydrogen-bond acceptors (Lipinski definition) is 2. The molecule has 17 heavy (non-hydrogen) atoms. The Bertz CT molecular complexity index is 605. The molecule has 0 unspecified atom stereocenters. The van der Waals surface area contributed by atoms with Crippen molar-refractivity contribution in [3.05, 3.63) is 62.5 Å². The third-order valence-corrected chi connectivity index (χ3v) is 3.39. The van der Waals surface area contributed by atoms with Gasteiger partial charge >= 0.3 is 0 Å². The standard InChI is InChI=1S/C13H13BrN2O/c1-9-3-2-4-13(17)16(9)8-10-5-6-11(14)12(15)7-10/h2-7H,8,15H2,1H3. The summed E-state index contributed by atoms with van der Waals surface area (Å²) in [7, 11) is 0. The predicted octanol–water partition coefficient (Wildman–Crippen LogP) is 2.55. The second-order valence-corrected chi connectivity index (χ2v) is 4.80. The van der Waals surface area contributed by atoms with E-state index in [1.54, 1.807) is 16.7 Å². The van der Waals surface area contributed by atoms with E-state index < -0.39 is 0 Å². The molecule has 0 spiro atoms. The van der Waals surface area contributed by atoms with Gasteiger partial charge in [-0.1, -0.05) is 12.1 Å². The van der Waals surface area contributed by atoms with Crippen LogP contribution in [0.15, 0.2) is 45.7 Å². The van der Waals surface area contributed by atoms with Gasteiger partial charge in [-0.25, -0.2) is 0 Å². The highest BCUT2D eigenvalue weighted by atomic mass is 79.9. The van der Waals surface area contributed by atoms with Gasteiger partial charge in [0.15, 0.2) is 0 Å². The van der Waals surface area contributed by atoms with Crippen LogP contribution in [0.4, 0.5) is 5.69 Å². The topological polar surface area (TPSA) is 48.0 Å². The fourth-order valence-electron chi connectivity index (χ4n) is 1.70. The lowest BCUT2D eigenvalue weighted by Gasteiger charge is -2.10. The number of pyridine rings is 1. The second-order valence-electron chi connectivity index (χ2n) is 3.95. The van der Waals surface area contributed by atoms with Gasteiger partial charge in [0.2, 0.25) is 0 Å². The highest BCUT2D eigenvalue weighted by Crippen LogP contribution is 2.20. The minimum Gasteiger partial charge on any atom is -0.398 e. The summed E-state index contributed by atoms with van der Waals surface area (Å²) in [6.07, 6.45) is 0. The molecule has 0 fully saturated rings. The van der Waals surface area contributed by atoms with Crippen molar-refractivity contribution in [2.24, 2.45) is 0 Å². The monoisotopic (exact) mass is 292 g/mol. The van der Waals surface area contributed by atoms with E-state index in [1.807, 2.05) is 31.2 Å². The maximum atomic E-state index is 11.7. The van der Waals surface area contributed by atoms with Gasteiger partial charge in [0, 0.05) is 21.9 Å². The lowest BCUT2D eigenvalue weighted by molar-refractivity contribution is 0.730. The van der Waals surface area contributed by atoms with E-state index >= 15 is 0 Å². The molecule has 0 bridgehead atoms. The molecule has 88 valence electrons. The Kier molecular flexibility index (Phi) is 3.33. The molecule has 1 aromatic heterocycles. The lowest BCUT2D eigenvalue weighted by Crippen LogP contribution is -2.21. The summed E-state index contributed by atoms with van der Waals surface area (Å²) < 4.78 is 2.60. The summed E-state index contributed by atoms with van der Waals surface area (Å²) in [5, 5.41) is 0. The molecule has 0 saturated heterocycles. The average Bonchev–Trinajstić information content (AvgIpc) is 2.28. The smallest absolute Gasteiger partial charge is 0.251 e. The van der Waals surface area contributed by atoms with Crippen LogP contribution in [0.1, 0.15) is 11.3 Å². The van der Waals surface area contributed by atoms with E-state index in [9.17, 15) is 4.79 Å². The van der Waals surface area contributed by atoms with E-state index in [1.165, 1.54) is 0 Å². The maximum absolute atomic E-state index is 11.7. The zero-order valence-electron chi connectivity index (χ0n) is 9.48. The number of aromatic nitrogens is 1. The molecule has 4 heteroatoms. The minimum atomic E-state index is 0.00601. The fourth-order valence-corrected chi connectivity index (χ4v) is 1.95. The SMILES string of the molecule is Cc1cccc(=O)n1Cc1ccc(Br)c(N)c1. The van der Waals surface area contributed by atoms with E-state index in [0.29, 0.717) is 12.2 Å². The van der Waals surface area contributed by atoms with Crippen molar-refractivity contribution in [1.82, 2.24) is 4.57 Å². The third-order valence-electron chi connectivity index (χ3n) is 2.67. The van der Waals surface area contributed by atoms with Gasteiger partial charge in [-0.05, 0) is 46.6 Å². The first-order chi connectivity index (χ1) is 8.08. The van der Waals surface area contributed by atoms with E-state index in [-0.39, 0.29) is 5.56 Å². The molecule has 0 atom stereocenters. The molecule has 0 aliphatic heterocycles. The van der Waals surface area contributed by atoms with E-state index in [0.717, 1.165) is 15.7 Å². The molecule has 0 radical (unpaired) electrons. The molecule has 1 heterocycles. The van der Waals surface area contributed by atoms with Gasteiger partial charge in [-0.3, -0.25) is 4.79 Å². The maximum Gasteiger partial charge on any atom is 0.251 e. The summed E-state index contributed by atoms with van der Waals surface area (Å²) in [5.74, 6) is 0. The molecule has 0 saturated carbocycles. The van der Waals surface area contributed by atoms with E-state index in [2.05, 4.69) is 15.9 Å². The van der Waals surface area contributed by atoms with Crippen LogP contribution in [0.2, 0.25) is 0 Å². The Morgan fingerprint density at radius 1 is 1.29 bits per heavy atom. The van der Waals surface area contributed by atoms with Crippen LogP contribution in [0.25, 0.3) is 0 Å². The molecule has 0 amide bonds. The highest BCUT2D eigenvalue weighted by Gasteiger charge is 2.02. The lowest BCUT2D eigenvalue weighted by atomic mass is 10.2. The molecular weight excluding hydrogens is 280 g/mol. The van der Waals surface area contributed by atoms with Gasteiger partial charge in [0.25, 0.3) is 5.56 Å². The van der Waals surface area contributed by atoms with Gasteiger partial charge in [0.1, 0.15) is 0 Å². The van der Waals surface area contributed by atoms with Crippen LogP contribution in [0.3, 0.4) is 0 Å². The summed E-state index contributed by atoms with van der Waals surface area (Å²) >= 11 is 3.35. The van der Waals surface area contributed by atoms with Crippen LogP contribution in [0, 0.1) is 6.92 Å². The summed E-state index contributed by atoms with van der Waals surface area (Å²) in [5.41, 5.74) is 8.47. The minimum absolute atomic E-state index is 0.00601. The number of nitrogen functional groups attached to an aromatic ring is 1. The van der Waals surface area contributed by atoms with Crippen molar-refractivity contribution in [2.45, 2.75) is 13.5 Å². The van der Waals surface area contributed by atoms with Crippen molar-refractivity contribution in [3.63, 3.8) is 0 Å². The van der Waals surface area contributed by atoms with Crippen LogP contribution >= 0.6 is 15.9 Å². The summed E-state index contributed by atoms with van der Waals surface area (Å²) in [6, 6.07) is 11.0. The number of halogens is 1. The van der Waals surface area contributed by atoms with Gasteiger partial charge in [-0.15, -0.1) is 0 Å². The Balaban J connectivity index is 2.38. The first kappa shape index (κ1) is 11.9. The molecule has 0 aliphatic carbocycles. The van der Waals surface area contributed by atoms with Gasteiger partial charge in [0.05, 0.1) is 6.54 Å². The zero-order chi connectivity index (χ0) is 12.4. The molecule has 2 aromatic rings. The van der Waals surface area contributed by atoms with Crippen molar-refractivity contribution in [1.29, 1.82) is 0 Å². The van der Waals surface area contributed by atoms with Gasteiger partial charge in [-0.2, -0.15) is 0 Å². The number of hydrogen-bond donors (Lipinski definition) is 1. The van der Waals surface area contributed by atoms with Crippen LogP contribution in [-0.4, -0.2) is 4.57 Å². The van der Waals surface area contributed by atoms with Crippen molar-refractivity contribution in [3.8, 4) is 0 Å². The van der Waals surface area contributed by atoms with Crippen molar-refractivity contribution in [2.75, 3.05) is 5.73 Å². The number of anilines is 1. The fraction of sp³-hybridized carbons (Fsp3) is 0.154. The molecule has 1 aromatic carbocycles. The predicted molar refractivity (Wildman–Crippen MR) is 73.1 cm³/mol. The first-order valence-electron chi connectivity index (χ1n) is 5.28. The summed E-state index contributed by atoms with van der Waals surface area (Å²) in [6.45, 7) is 2.46. The number of benzene rings is 1. The number of nitrogens with zero attached hydrogens (tertiary/aromatic N) is 1. The van der Waals surface area contributed by atoms with Crippen LogP contribution in [-0.2, 0) is 6.54 Å². The number of nitrogens with two attached hydrogens (primary N) is 1. The molecule has 2 N–H and O–H groups in total. The largest absolute Gasteiger partial charge is 0.398 e. The van der Waals surface area contributed by atoms with Crippen molar-refractivity contribution < 1.29 is 0 Å². The molecule has 0 aliphatic rings. The Labute approximate surface area is 108 Å². The average molecular weight is 293 g/mol. The zero-order valence-corrected chi connectivity index (χ0v) is 11.1. The quantitative estimate of drug-likeness (QED) is 0.865. The Morgan fingerprint density at radius 3 is 2.71 bits per heavy atom. The normalized spacial score (nSPS) is 10.5. The van der Waals surface area contributed by atoms with E-state index in [4.69, 9.17) is 5.73 Å². The second kappa shape index (κ2) is 4.75. The first-order valence-corrected chi connectivity index (χ1v) is 6.07. The number of rotatable bonds is 2. The van der Waals surface area contributed by atoms with Crippen LogP contribution in [0.5, 0.6) is 0 Å². The molecule has 2 rings (SSSR count). The Hall–Kier alpha value is -1.55. The Morgan fingerprint density at radius 2 is 2.06 bits per heavy atom. The van der Waals surface area contributed by atoms with Crippen LogP contribution < -0.4 is 11.3 Å². The summed E-state index contributed by atoms with van der Waals surface area (Å²) in [4.78, 5) is 11.7. The third kappa shape index (κ3) is 2.58. The van der Waals surface area contributed by atoms with Crippen molar-refractivity contribution >= 4 is 21.6 Å². The molecule has 3 nitrogen and oxygen atoms in total. The van der Waals surface area contributed by atoms with Gasteiger partial charge < -0.3 is 10.3 Å². The molecular formula is C13H13BrN2O. The number of aryl methyl sites for hydroxylation is 1. The highest BCUT2D eigenvalue weighted by molar-refractivity contribution is 9.10.